The lowest BCUT2D eigenvalue weighted by molar-refractivity contribution is 0.0483. The Balaban J connectivity index is 2.20. The van der Waals surface area contributed by atoms with E-state index in [4.69, 9.17) is 4.74 Å². The Morgan fingerprint density at radius 3 is 2.82 bits per heavy atom. The molecule has 1 heterocycles. The maximum absolute atomic E-state index is 5.74. The molecule has 0 spiro atoms. The summed E-state index contributed by atoms with van der Waals surface area (Å²) in [6.07, 6.45) is 6.05. The van der Waals surface area contributed by atoms with Crippen LogP contribution < -0.4 is 0 Å². The van der Waals surface area contributed by atoms with Gasteiger partial charge in [-0.15, -0.1) is 0 Å². The molecule has 0 aromatic rings. The Kier molecular flexibility index (Phi) is 1.71. The van der Waals surface area contributed by atoms with Crippen LogP contribution in [0.2, 0.25) is 0 Å². The van der Waals surface area contributed by atoms with E-state index in [2.05, 4.69) is 13.8 Å². The summed E-state index contributed by atoms with van der Waals surface area (Å²) in [5.41, 5.74) is 0.583. The molecule has 0 amide bonds. The molecule has 64 valence electrons. The van der Waals surface area contributed by atoms with Crippen molar-refractivity contribution >= 4 is 0 Å². The van der Waals surface area contributed by atoms with Crippen LogP contribution in [0.5, 0.6) is 0 Å². The molecule has 0 N–H and O–H groups in total. The van der Waals surface area contributed by atoms with E-state index in [1.165, 1.54) is 25.7 Å². The second-order valence-corrected chi connectivity index (χ2v) is 4.39. The first-order valence-electron chi connectivity index (χ1n) is 4.87. The Bertz CT molecular complexity index is 141. The zero-order valence-electron chi connectivity index (χ0n) is 7.60. The number of fused-ring (bicyclic) bond motifs is 1. The predicted molar refractivity (Wildman–Crippen MR) is 45.5 cm³/mol. The van der Waals surface area contributed by atoms with Crippen LogP contribution in [0.1, 0.15) is 39.5 Å². The maximum atomic E-state index is 5.74. The van der Waals surface area contributed by atoms with Gasteiger partial charge in [-0.1, -0.05) is 20.3 Å². The largest absolute Gasteiger partial charge is 0.378 e. The molecule has 2 rings (SSSR count). The van der Waals surface area contributed by atoms with E-state index in [1.54, 1.807) is 0 Å². The minimum atomic E-state index is 0.583. The van der Waals surface area contributed by atoms with Gasteiger partial charge in [0, 0.05) is 12.0 Å². The molecule has 0 bridgehead atoms. The molecule has 11 heavy (non-hydrogen) atoms. The summed E-state index contributed by atoms with van der Waals surface area (Å²) in [5.74, 6) is 0.817. The summed E-state index contributed by atoms with van der Waals surface area (Å²) in [5, 5.41) is 0. The van der Waals surface area contributed by atoms with Crippen molar-refractivity contribution in [2.75, 3.05) is 6.61 Å². The Morgan fingerprint density at radius 1 is 1.36 bits per heavy atom. The highest BCUT2D eigenvalue weighted by atomic mass is 16.5. The molecule has 1 aliphatic heterocycles. The standard InChI is InChI=1S/C10H18O/c1-8(2)10-5-3-4-9(10)11-7-6-10/h8-9H,3-7H2,1-2H3. The highest BCUT2D eigenvalue weighted by molar-refractivity contribution is 4.98. The van der Waals surface area contributed by atoms with Crippen molar-refractivity contribution in [3.8, 4) is 0 Å². The van der Waals surface area contributed by atoms with Gasteiger partial charge in [0.1, 0.15) is 0 Å². The summed E-state index contributed by atoms with van der Waals surface area (Å²) < 4.78 is 5.74. The SMILES string of the molecule is CC(C)C12CCCC1OCC2. The van der Waals surface area contributed by atoms with Crippen LogP contribution in [0.15, 0.2) is 0 Å². The molecule has 1 saturated heterocycles. The lowest BCUT2D eigenvalue weighted by atomic mass is 9.73. The van der Waals surface area contributed by atoms with Gasteiger partial charge in [0.05, 0.1) is 6.10 Å². The number of rotatable bonds is 1. The summed E-state index contributed by atoms with van der Waals surface area (Å²) in [7, 11) is 0. The minimum Gasteiger partial charge on any atom is -0.378 e. The van der Waals surface area contributed by atoms with Gasteiger partial charge in [0.25, 0.3) is 0 Å². The normalized spacial score (nSPS) is 43.4. The monoisotopic (exact) mass is 154 g/mol. The zero-order valence-corrected chi connectivity index (χ0v) is 7.60. The van der Waals surface area contributed by atoms with Crippen molar-refractivity contribution in [1.29, 1.82) is 0 Å². The summed E-state index contributed by atoms with van der Waals surface area (Å²) in [6.45, 7) is 5.73. The van der Waals surface area contributed by atoms with Crippen LogP contribution >= 0.6 is 0 Å². The fraction of sp³-hybridized carbons (Fsp3) is 1.00. The molecule has 0 aromatic heterocycles. The predicted octanol–water partition coefficient (Wildman–Crippen LogP) is 2.60. The van der Waals surface area contributed by atoms with E-state index >= 15 is 0 Å². The quantitative estimate of drug-likeness (QED) is 0.564. The van der Waals surface area contributed by atoms with E-state index in [9.17, 15) is 0 Å². The van der Waals surface area contributed by atoms with E-state index in [0.717, 1.165) is 12.5 Å². The van der Waals surface area contributed by atoms with Crippen LogP contribution in [-0.4, -0.2) is 12.7 Å². The fourth-order valence-corrected chi connectivity index (χ4v) is 2.94. The first kappa shape index (κ1) is 7.60. The average Bonchev–Trinajstić information content (AvgIpc) is 2.40. The average molecular weight is 154 g/mol. The van der Waals surface area contributed by atoms with Crippen molar-refractivity contribution in [2.24, 2.45) is 11.3 Å². The van der Waals surface area contributed by atoms with Crippen molar-refractivity contribution in [3.05, 3.63) is 0 Å². The number of hydrogen-bond donors (Lipinski definition) is 0. The van der Waals surface area contributed by atoms with Crippen molar-refractivity contribution < 1.29 is 4.74 Å². The molecule has 1 aliphatic carbocycles. The Hall–Kier alpha value is -0.0400. The molecule has 0 radical (unpaired) electrons. The maximum Gasteiger partial charge on any atom is 0.0634 e. The lowest BCUT2D eigenvalue weighted by Crippen LogP contribution is -2.30. The highest BCUT2D eigenvalue weighted by Gasteiger charge is 2.48. The van der Waals surface area contributed by atoms with Gasteiger partial charge >= 0.3 is 0 Å². The first-order chi connectivity index (χ1) is 5.26. The first-order valence-corrected chi connectivity index (χ1v) is 4.87. The second-order valence-electron chi connectivity index (χ2n) is 4.39. The van der Waals surface area contributed by atoms with E-state index in [1.807, 2.05) is 0 Å². The molecule has 2 aliphatic rings. The van der Waals surface area contributed by atoms with Crippen molar-refractivity contribution in [2.45, 2.75) is 45.6 Å². The van der Waals surface area contributed by atoms with E-state index in [0.29, 0.717) is 11.5 Å². The minimum absolute atomic E-state index is 0.583. The topological polar surface area (TPSA) is 9.23 Å². The molecule has 2 unspecified atom stereocenters. The highest BCUT2D eigenvalue weighted by Crippen LogP contribution is 2.51. The third kappa shape index (κ3) is 0.936. The third-order valence-electron chi connectivity index (χ3n) is 3.79. The number of ether oxygens (including phenoxy) is 1. The smallest absolute Gasteiger partial charge is 0.0634 e. The molecule has 0 aromatic carbocycles. The molecule has 1 nitrogen and oxygen atoms in total. The second kappa shape index (κ2) is 2.48. The van der Waals surface area contributed by atoms with Crippen LogP contribution in [-0.2, 0) is 4.74 Å². The Labute approximate surface area is 69.1 Å². The van der Waals surface area contributed by atoms with E-state index < -0.39 is 0 Å². The molecule has 2 atom stereocenters. The van der Waals surface area contributed by atoms with Crippen LogP contribution in [0.3, 0.4) is 0 Å². The zero-order chi connectivity index (χ0) is 7.90. The molecule has 1 saturated carbocycles. The van der Waals surface area contributed by atoms with Crippen LogP contribution in [0.25, 0.3) is 0 Å². The van der Waals surface area contributed by atoms with Gasteiger partial charge in [-0.2, -0.15) is 0 Å². The van der Waals surface area contributed by atoms with Gasteiger partial charge in [0.2, 0.25) is 0 Å². The van der Waals surface area contributed by atoms with Gasteiger partial charge in [-0.25, -0.2) is 0 Å². The van der Waals surface area contributed by atoms with Crippen LogP contribution in [0, 0.1) is 11.3 Å². The molecule has 2 fully saturated rings. The fourth-order valence-electron chi connectivity index (χ4n) is 2.94. The van der Waals surface area contributed by atoms with Gasteiger partial charge in [-0.05, 0) is 25.2 Å². The van der Waals surface area contributed by atoms with Gasteiger partial charge < -0.3 is 4.74 Å². The van der Waals surface area contributed by atoms with E-state index in [-0.39, 0.29) is 0 Å². The van der Waals surface area contributed by atoms with Gasteiger partial charge in [-0.3, -0.25) is 0 Å². The Morgan fingerprint density at radius 2 is 2.18 bits per heavy atom. The third-order valence-corrected chi connectivity index (χ3v) is 3.79. The summed E-state index contributed by atoms with van der Waals surface area (Å²) >= 11 is 0. The summed E-state index contributed by atoms with van der Waals surface area (Å²) in [6, 6.07) is 0. The van der Waals surface area contributed by atoms with Gasteiger partial charge in [0.15, 0.2) is 0 Å². The molecular formula is C10H18O. The van der Waals surface area contributed by atoms with Crippen molar-refractivity contribution in [1.82, 2.24) is 0 Å². The molecular weight excluding hydrogens is 136 g/mol. The lowest BCUT2D eigenvalue weighted by Gasteiger charge is -2.31. The number of hydrogen-bond acceptors (Lipinski definition) is 1. The summed E-state index contributed by atoms with van der Waals surface area (Å²) in [4.78, 5) is 0. The van der Waals surface area contributed by atoms with Crippen molar-refractivity contribution in [3.63, 3.8) is 0 Å². The van der Waals surface area contributed by atoms with Crippen LogP contribution in [0.4, 0.5) is 0 Å². The molecule has 1 heteroatoms.